The topological polar surface area (TPSA) is 52.5 Å². The highest BCUT2D eigenvalue weighted by Gasteiger charge is 2.40. The van der Waals surface area contributed by atoms with Crippen LogP contribution in [0.25, 0.3) is 0 Å². The van der Waals surface area contributed by atoms with Crippen LogP contribution in [0, 0.1) is 5.92 Å². The Morgan fingerprint density at radius 3 is 2.62 bits per heavy atom. The molecule has 0 unspecified atom stereocenters. The zero-order valence-corrected chi connectivity index (χ0v) is 8.58. The van der Waals surface area contributed by atoms with E-state index in [0.29, 0.717) is 18.9 Å². The maximum Gasteiger partial charge on any atom is 0.0691 e. The van der Waals surface area contributed by atoms with E-state index in [1.165, 1.54) is 0 Å². The van der Waals surface area contributed by atoms with E-state index in [2.05, 4.69) is 5.32 Å². The molecule has 0 spiro atoms. The van der Waals surface area contributed by atoms with Gasteiger partial charge in [-0.1, -0.05) is 6.92 Å². The first-order valence-electron chi connectivity index (χ1n) is 5.17. The average molecular weight is 187 g/mol. The van der Waals surface area contributed by atoms with Crippen LogP contribution in [0.3, 0.4) is 0 Å². The standard InChI is InChI=1S/C10H21NO2/c1-3-11-7-9(12)6-10(2,13)8-4-5-8/h8-9,11-13H,3-7H2,1-2H3/t9-,10-/m1/s1. The van der Waals surface area contributed by atoms with Gasteiger partial charge in [-0.3, -0.25) is 0 Å². The normalized spacial score (nSPS) is 24.0. The van der Waals surface area contributed by atoms with Crippen molar-refractivity contribution in [3.63, 3.8) is 0 Å². The van der Waals surface area contributed by atoms with Crippen LogP contribution in [-0.2, 0) is 0 Å². The lowest BCUT2D eigenvalue weighted by atomic mass is 9.93. The first kappa shape index (κ1) is 11.0. The minimum absolute atomic E-state index is 0.420. The number of rotatable bonds is 6. The molecule has 3 nitrogen and oxygen atoms in total. The van der Waals surface area contributed by atoms with Crippen molar-refractivity contribution in [1.29, 1.82) is 0 Å². The summed E-state index contributed by atoms with van der Waals surface area (Å²) in [6.45, 7) is 5.29. The van der Waals surface area contributed by atoms with Crippen LogP contribution in [0.5, 0.6) is 0 Å². The van der Waals surface area contributed by atoms with Crippen LogP contribution in [0.1, 0.15) is 33.1 Å². The molecule has 13 heavy (non-hydrogen) atoms. The van der Waals surface area contributed by atoms with E-state index in [4.69, 9.17) is 0 Å². The Morgan fingerprint density at radius 1 is 1.54 bits per heavy atom. The monoisotopic (exact) mass is 187 g/mol. The largest absolute Gasteiger partial charge is 0.392 e. The molecular weight excluding hydrogens is 166 g/mol. The van der Waals surface area contributed by atoms with Crippen molar-refractivity contribution < 1.29 is 10.2 Å². The van der Waals surface area contributed by atoms with Gasteiger partial charge in [-0.2, -0.15) is 0 Å². The highest BCUT2D eigenvalue weighted by molar-refractivity contribution is 4.92. The Labute approximate surface area is 80.2 Å². The molecule has 0 aromatic carbocycles. The molecule has 0 bridgehead atoms. The maximum absolute atomic E-state index is 9.94. The molecule has 3 heteroatoms. The summed E-state index contributed by atoms with van der Waals surface area (Å²) in [5.74, 6) is 0.420. The maximum atomic E-state index is 9.94. The molecule has 1 aliphatic carbocycles. The van der Waals surface area contributed by atoms with Gasteiger partial charge in [0.15, 0.2) is 0 Å². The van der Waals surface area contributed by atoms with Crippen molar-refractivity contribution in [2.75, 3.05) is 13.1 Å². The SMILES string of the molecule is CCNC[C@H](O)C[C@@](C)(O)C1CC1. The third kappa shape index (κ3) is 3.63. The summed E-state index contributed by atoms with van der Waals surface area (Å²) >= 11 is 0. The average Bonchev–Trinajstić information content (AvgIpc) is 2.81. The molecule has 0 heterocycles. The summed E-state index contributed by atoms with van der Waals surface area (Å²) in [6, 6.07) is 0. The van der Waals surface area contributed by atoms with E-state index in [0.717, 1.165) is 19.4 Å². The van der Waals surface area contributed by atoms with E-state index in [9.17, 15) is 10.2 Å². The summed E-state index contributed by atoms with van der Waals surface area (Å²) in [5, 5.41) is 22.6. The summed E-state index contributed by atoms with van der Waals surface area (Å²) in [7, 11) is 0. The molecule has 1 rings (SSSR count). The third-order valence-electron chi connectivity index (χ3n) is 2.74. The minimum Gasteiger partial charge on any atom is -0.392 e. The van der Waals surface area contributed by atoms with Crippen LogP contribution in [0.15, 0.2) is 0 Å². The van der Waals surface area contributed by atoms with Crippen molar-refractivity contribution in [2.24, 2.45) is 5.92 Å². The second-order valence-corrected chi connectivity index (χ2v) is 4.30. The summed E-state index contributed by atoms with van der Waals surface area (Å²) in [6.07, 6.45) is 2.29. The lowest BCUT2D eigenvalue weighted by Crippen LogP contribution is -2.37. The molecule has 3 N–H and O–H groups in total. The molecule has 1 fully saturated rings. The van der Waals surface area contributed by atoms with Crippen molar-refractivity contribution >= 4 is 0 Å². The number of nitrogens with one attached hydrogen (secondary N) is 1. The highest BCUT2D eigenvalue weighted by atomic mass is 16.3. The first-order valence-corrected chi connectivity index (χ1v) is 5.17. The number of likely N-dealkylation sites (N-methyl/N-ethyl adjacent to an activating group) is 1. The molecule has 2 atom stereocenters. The minimum atomic E-state index is -0.658. The van der Waals surface area contributed by atoms with E-state index >= 15 is 0 Å². The predicted molar refractivity (Wildman–Crippen MR) is 52.5 cm³/mol. The van der Waals surface area contributed by atoms with Crippen molar-refractivity contribution in [3.05, 3.63) is 0 Å². The third-order valence-corrected chi connectivity index (χ3v) is 2.74. The lowest BCUT2D eigenvalue weighted by Gasteiger charge is -2.26. The van der Waals surface area contributed by atoms with E-state index in [1.807, 2.05) is 13.8 Å². The number of aliphatic hydroxyl groups excluding tert-OH is 1. The molecule has 1 aliphatic rings. The van der Waals surface area contributed by atoms with Crippen LogP contribution < -0.4 is 5.32 Å². The van der Waals surface area contributed by atoms with Crippen molar-refractivity contribution in [3.8, 4) is 0 Å². The predicted octanol–water partition coefficient (Wildman–Crippen LogP) is 0.508. The van der Waals surface area contributed by atoms with Crippen molar-refractivity contribution in [1.82, 2.24) is 5.32 Å². The second kappa shape index (κ2) is 4.40. The Bertz CT molecular complexity index is 155. The number of aliphatic hydroxyl groups is 2. The molecule has 0 saturated heterocycles. The van der Waals surface area contributed by atoms with Gasteiger partial charge >= 0.3 is 0 Å². The number of hydrogen-bond acceptors (Lipinski definition) is 3. The van der Waals surface area contributed by atoms with E-state index in [-0.39, 0.29) is 0 Å². The van der Waals surface area contributed by atoms with Gasteiger partial charge in [0.05, 0.1) is 11.7 Å². The van der Waals surface area contributed by atoms with Crippen LogP contribution in [0.2, 0.25) is 0 Å². The lowest BCUT2D eigenvalue weighted by molar-refractivity contribution is -0.0128. The van der Waals surface area contributed by atoms with Gasteiger partial charge in [0.1, 0.15) is 0 Å². The van der Waals surface area contributed by atoms with Crippen LogP contribution in [-0.4, -0.2) is 35.0 Å². The van der Waals surface area contributed by atoms with E-state index in [1.54, 1.807) is 0 Å². The van der Waals surface area contributed by atoms with Crippen molar-refractivity contribution in [2.45, 2.75) is 44.8 Å². The molecule has 0 radical (unpaired) electrons. The molecule has 0 aromatic rings. The molecule has 1 saturated carbocycles. The Morgan fingerprint density at radius 2 is 2.15 bits per heavy atom. The molecule has 0 aliphatic heterocycles. The van der Waals surface area contributed by atoms with Gasteiger partial charge in [0.2, 0.25) is 0 Å². The van der Waals surface area contributed by atoms with Gasteiger partial charge in [-0.25, -0.2) is 0 Å². The van der Waals surface area contributed by atoms with Gasteiger partial charge in [0.25, 0.3) is 0 Å². The van der Waals surface area contributed by atoms with Gasteiger partial charge in [-0.05, 0) is 32.2 Å². The number of hydrogen-bond donors (Lipinski definition) is 3. The molecule has 78 valence electrons. The van der Waals surface area contributed by atoms with Crippen LogP contribution >= 0.6 is 0 Å². The molecule has 0 aromatic heterocycles. The zero-order chi connectivity index (χ0) is 9.90. The van der Waals surface area contributed by atoms with E-state index < -0.39 is 11.7 Å². The molecule has 0 amide bonds. The Hall–Kier alpha value is -0.120. The second-order valence-electron chi connectivity index (χ2n) is 4.30. The fraction of sp³-hybridized carbons (Fsp3) is 1.00. The smallest absolute Gasteiger partial charge is 0.0691 e. The van der Waals surface area contributed by atoms with Crippen LogP contribution in [0.4, 0.5) is 0 Å². The molecular formula is C10H21NO2. The quantitative estimate of drug-likeness (QED) is 0.568. The summed E-state index contributed by atoms with van der Waals surface area (Å²) in [4.78, 5) is 0. The van der Waals surface area contributed by atoms with Gasteiger partial charge < -0.3 is 15.5 Å². The van der Waals surface area contributed by atoms with Gasteiger partial charge in [0, 0.05) is 13.0 Å². The zero-order valence-electron chi connectivity index (χ0n) is 8.58. The van der Waals surface area contributed by atoms with Gasteiger partial charge in [-0.15, -0.1) is 0 Å². The first-order chi connectivity index (χ1) is 6.06. The summed E-state index contributed by atoms with van der Waals surface area (Å²) < 4.78 is 0. The fourth-order valence-corrected chi connectivity index (χ4v) is 1.73. The summed E-state index contributed by atoms with van der Waals surface area (Å²) in [5.41, 5.74) is -0.658. The Kier molecular flexibility index (Phi) is 3.71. The highest BCUT2D eigenvalue weighted by Crippen LogP contribution is 2.41. The fourth-order valence-electron chi connectivity index (χ4n) is 1.73. The Balaban J connectivity index is 2.21.